The van der Waals surface area contributed by atoms with Gasteiger partial charge in [-0.15, -0.1) is 0 Å². The highest BCUT2D eigenvalue weighted by molar-refractivity contribution is 7.66. The number of nitrogens with zero attached hydrogens (tertiary/aromatic N) is 6. The Labute approximate surface area is 285 Å². The second-order valence-corrected chi connectivity index (χ2v) is 16.6. The number of anilines is 3. The molecular formula is C23H34N9O16P3. The molecule has 0 amide bonds. The van der Waals surface area contributed by atoms with E-state index in [1.165, 1.54) is 0 Å². The van der Waals surface area contributed by atoms with Gasteiger partial charge in [-0.25, -0.2) is 23.7 Å². The van der Waals surface area contributed by atoms with Crippen LogP contribution in [0.3, 0.4) is 0 Å². The average Bonchev–Trinajstić information content (AvgIpc) is 3.74. The number of H-pyrrole nitrogens is 2. The quantitative estimate of drug-likeness (QED) is 0.0994. The minimum atomic E-state index is -5.86. The lowest BCUT2D eigenvalue weighted by Gasteiger charge is -2.28. The van der Waals surface area contributed by atoms with Crippen molar-refractivity contribution in [3.05, 3.63) is 32.9 Å². The van der Waals surface area contributed by atoms with Crippen LogP contribution in [0.4, 0.5) is 17.5 Å². The first-order chi connectivity index (χ1) is 23.7. The molecule has 25 nitrogen and oxygen atoms in total. The van der Waals surface area contributed by atoms with Crippen LogP contribution in [0.25, 0.3) is 11.2 Å². The molecule has 2 fully saturated rings. The zero-order valence-corrected chi connectivity index (χ0v) is 29.5. The van der Waals surface area contributed by atoms with Crippen LogP contribution in [0, 0.1) is 12.8 Å². The second kappa shape index (κ2) is 13.7. The van der Waals surface area contributed by atoms with Gasteiger partial charge in [-0.3, -0.25) is 28.2 Å². The molecule has 3 aromatic heterocycles. The Morgan fingerprint density at radius 1 is 0.961 bits per heavy atom. The van der Waals surface area contributed by atoms with E-state index in [1.807, 2.05) is 6.92 Å². The summed E-state index contributed by atoms with van der Waals surface area (Å²) in [6, 6.07) is 0. The number of nitrogens with two attached hydrogens (primary N) is 1. The normalized spacial score (nSPS) is 30.0. The third-order valence-corrected chi connectivity index (χ3v) is 12.3. The first-order valence-corrected chi connectivity index (χ1v) is 19.4. The first-order valence-electron chi connectivity index (χ1n) is 14.9. The summed E-state index contributed by atoms with van der Waals surface area (Å²) in [5, 5.41) is 21.0. The van der Waals surface area contributed by atoms with Crippen molar-refractivity contribution in [1.29, 1.82) is 0 Å². The van der Waals surface area contributed by atoms with Gasteiger partial charge in [-0.2, -0.15) is 13.6 Å². The minimum absolute atomic E-state index is 0.122. The molecule has 3 aliphatic rings. The Hall–Kier alpha value is -3.12. The Morgan fingerprint density at radius 2 is 1.63 bits per heavy atom. The molecule has 282 valence electrons. The van der Waals surface area contributed by atoms with Gasteiger partial charge in [-0.1, -0.05) is 6.92 Å². The molecule has 3 aliphatic heterocycles. The van der Waals surface area contributed by atoms with Crippen LogP contribution in [0.2, 0.25) is 0 Å². The summed E-state index contributed by atoms with van der Waals surface area (Å²) in [6.07, 6.45) is -6.61. The summed E-state index contributed by atoms with van der Waals surface area (Å²) in [6.45, 7) is 2.06. The molecule has 28 heteroatoms. The third-order valence-electron chi connectivity index (χ3n) is 8.07. The number of nitrogen functional groups attached to an aromatic ring is 1. The number of aryl methyl sites for hydroxylation is 1. The van der Waals surface area contributed by atoms with Gasteiger partial charge in [-0.05, 0) is 13.3 Å². The number of hydrogen-bond donors (Lipinski definition) is 8. The van der Waals surface area contributed by atoms with Crippen molar-refractivity contribution in [2.75, 3.05) is 42.5 Å². The predicted molar refractivity (Wildman–Crippen MR) is 170 cm³/mol. The van der Waals surface area contributed by atoms with Gasteiger partial charge < -0.3 is 54.9 Å². The number of rotatable bonds is 12. The van der Waals surface area contributed by atoms with Crippen LogP contribution in [0.15, 0.2) is 15.9 Å². The number of fused-ring (bicyclic) bond motifs is 2. The van der Waals surface area contributed by atoms with Gasteiger partial charge in [0.05, 0.1) is 32.3 Å². The molecule has 6 rings (SSSR count). The third kappa shape index (κ3) is 7.82. The number of aromatic nitrogens is 6. The average molecular weight is 785 g/mol. The number of aromatic amines is 2. The lowest BCUT2D eigenvalue weighted by Crippen LogP contribution is -2.41. The van der Waals surface area contributed by atoms with E-state index in [9.17, 15) is 48.2 Å². The molecule has 0 aliphatic carbocycles. The van der Waals surface area contributed by atoms with Crippen LogP contribution < -0.4 is 26.7 Å². The molecule has 9 N–H and O–H groups in total. The number of nitrogens with one attached hydrogen (secondary N) is 2. The topological polar surface area (TPSA) is 350 Å². The maximum Gasteiger partial charge on any atom is 0.490 e. The van der Waals surface area contributed by atoms with Crippen LogP contribution in [0.5, 0.6) is 0 Å². The van der Waals surface area contributed by atoms with Gasteiger partial charge >= 0.3 is 23.5 Å². The van der Waals surface area contributed by atoms with E-state index in [0.29, 0.717) is 23.8 Å². The van der Waals surface area contributed by atoms with Crippen molar-refractivity contribution < 1.29 is 65.7 Å². The van der Waals surface area contributed by atoms with Gasteiger partial charge in [0.2, 0.25) is 5.95 Å². The standard InChI is InChI=1S/C23H34N9O16P3/c1-9-4-11(45-21(9)32-8-30(3)14-18(32)26-10(2)27-20(14)36)5-43-49(37,38)47-51(41,42)48-50(39,40)44-6-12-15(33)16(34)22(46-12)31-7-25-13-17(31)28-23(24)29-19(13)35/h7,9,11-12,15-16,21-22,33-34H,4-6,8H2,1-3H3,(H,37,38)(H,39,40)(H,41,42)(H,26,27,36)(H3,24,28,29,35)/t9?,11-,12+,15?,16?,21+,22+/m0/s1. The minimum Gasteiger partial charge on any atom is -0.387 e. The van der Waals surface area contributed by atoms with Crippen LogP contribution in [0.1, 0.15) is 25.4 Å². The number of imidazole rings is 1. The summed E-state index contributed by atoms with van der Waals surface area (Å²) in [7, 11) is -15.2. The largest absolute Gasteiger partial charge is 0.490 e. The van der Waals surface area contributed by atoms with E-state index in [0.717, 1.165) is 10.9 Å². The van der Waals surface area contributed by atoms with E-state index in [-0.39, 0.29) is 35.3 Å². The maximum atomic E-state index is 12.5. The van der Waals surface area contributed by atoms with E-state index in [2.05, 4.69) is 38.1 Å². The number of phosphoric acid groups is 3. The van der Waals surface area contributed by atoms with Gasteiger partial charge in [0.15, 0.2) is 23.2 Å². The monoisotopic (exact) mass is 785 g/mol. The van der Waals surface area contributed by atoms with Crippen molar-refractivity contribution in [3.63, 3.8) is 0 Å². The molecule has 6 heterocycles. The molecule has 0 aromatic carbocycles. The fourth-order valence-corrected chi connectivity index (χ4v) is 9.52. The molecule has 6 unspecified atom stereocenters. The Balaban J connectivity index is 1.01. The van der Waals surface area contributed by atoms with Crippen LogP contribution in [-0.4, -0.2) is 112 Å². The zero-order chi connectivity index (χ0) is 37.2. The molecule has 10 atom stereocenters. The summed E-state index contributed by atoms with van der Waals surface area (Å²) in [4.78, 5) is 75.2. The Bertz CT molecular complexity index is 2080. The summed E-state index contributed by atoms with van der Waals surface area (Å²) < 4.78 is 67.8. The Morgan fingerprint density at radius 3 is 2.31 bits per heavy atom. The number of hydrogen-bond acceptors (Lipinski definition) is 19. The summed E-state index contributed by atoms with van der Waals surface area (Å²) >= 11 is 0. The van der Waals surface area contributed by atoms with Crippen molar-refractivity contribution in [2.45, 2.75) is 57.1 Å². The van der Waals surface area contributed by atoms with Gasteiger partial charge in [0.25, 0.3) is 11.1 Å². The van der Waals surface area contributed by atoms with Crippen molar-refractivity contribution in [2.24, 2.45) is 5.92 Å². The van der Waals surface area contributed by atoms with E-state index in [1.54, 1.807) is 23.8 Å². The van der Waals surface area contributed by atoms with Crippen molar-refractivity contribution in [3.8, 4) is 0 Å². The van der Waals surface area contributed by atoms with Gasteiger partial charge in [0.1, 0.15) is 36.1 Å². The molecule has 0 radical (unpaired) electrons. The van der Waals surface area contributed by atoms with E-state index in [4.69, 9.17) is 19.7 Å². The fraction of sp³-hybridized carbons (Fsp3) is 0.609. The lowest BCUT2D eigenvalue weighted by molar-refractivity contribution is -0.0503. The van der Waals surface area contributed by atoms with E-state index >= 15 is 0 Å². The smallest absolute Gasteiger partial charge is 0.387 e. The SMILES string of the molecule is Cc1nc2c(c(=O)[nH]1)N(C)CN2[C@@H]1O[C@H](COP(=O)(O)OP(=O)(O)OP(=O)(O)OC[C@H]2O[C@@H](n3cnc4c(=O)[nH]c(N)nc43)C(O)C2O)CC1C. The fourth-order valence-electron chi connectivity index (χ4n) is 5.98. The molecular weight excluding hydrogens is 751 g/mol. The van der Waals surface area contributed by atoms with Crippen molar-refractivity contribution in [1.82, 2.24) is 29.5 Å². The maximum absolute atomic E-state index is 12.5. The molecule has 3 aromatic rings. The number of aliphatic hydroxyl groups excluding tert-OH is 2. The number of ether oxygens (including phenoxy) is 2. The molecule has 2 saturated heterocycles. The molecule has 0 bridgehead atoms. The second-order valence-electron chi connectivity index (χ2n) is 12.0. The summed E-state index contributed by atoms with van der Waals surface area (Å²) in [5.41, 5.74) is 4.57. The van der Waals surface area contributed by atoms with Crippen LogP contribution >= 0.6 is 23.5 Å². The van der Waals surface area contributed by atoms with Crippen molar-refractivity contribution >= 4 is 52.1 Å². The Kier molecular flexibility index (Phi) is 10.1. The molecule has 51 heavy (non-hydrogen) atoms. The van der Waals surface area contributed by atoms with E-state index < -0.39 is 79.1 Å². The van der Waals surface area contributed by atoms with Crippen LogP contribution in [-0.2, 0) is 40.8 Å². The highest BCUT2D eigenvalue weighted by Crippen LogP contribution is 2.67. The number of aliphatic hydroxyl groups is 2. The molecule has 0 saturated carbocycles. The van der Waals surface area contributed by atoms with Gasteiger partial charge in [0, 0.05) is 13.0 Å². The summed E-state index contributed by atoms with van der Waals surface area (Å²) in [5.74, 6) is 0.297. The first kappa shape index (κ1) is 37.6. The highest BCUT2D eigenvalue weighted by atomic mass is 31.3. The lowest BCUT2D eigenvalue weighted by atomic mass is 10.1. The molecule has 0 spiro atoms. The predicted octanol–water partition coefficient (Wildman–Crippen LogP) is -1.25. The number of phosphoric ester groups is 2. The highest BCUT2D eigenvalue weighted by Gasteiger charge is 2.48. The zero-order valence-electron chi connectivity index (χ0n) is 26.8.